The number of carboxylic acids is 1. The van der Waals surface area contributed by atoms with Crippen LogP contribution in [-0.2, 0) is 9.22 Å². The van der Waals surface area contributed by atoms with E-state index in [0.717, 1.165) is 29.0 Å². The van der Waals surface area contributed by atoms with Crippen LogP contribution in [0.2, 0.25) is 10.4 Å². The molecule has 0 atom stereocenters. The SMILES string of the molecule is CC(C)(C)[Si](OCCCCC[Se]c1ccc(OCC(=O)O)c(F)c1)(c1ccccc1)c1ccccc1. The average Bonchev–Trinajstić information content (AvgIpc) is 2.85. The van der Waals surface area contributed by atoms with Crippen LogP contribution in [0.5, 0.6) is 5.75 Å². The molecule has 0 aliphatic carbocycles. The Morgan fingerprint density at radius 2 is 1.53 bits per heavy atom. The minimum atomic E-state index is -2.48. The van der Waals surface area contributed by atoms with Crippen LogP contribution in [-0.4, -0.2) is 47.6 Å². The van der Waals surface area contributed by atoms with E-state index in [1.54, 1.807) is 0 Å². The average molecular weight is 574 g/mol. The van der Waals surface area contributed by atoms with Gasteiger partial charge in [-0.25, -0.2) is 0 Å². The summed E-state index contributed by atoms with van der Waals surface area (Å²) in [5.74, 6) is -1.65. The number of carboxylic acid groups (broad SMARTS) is 1. The Bertz CT molecular complexity index is 1060. The summed E-state index contributed by atoms with van der Waals surface area (Å²) in [6.07, 6.45) is 3.10. The van der Waals surface area contributed by atoms with Gasteiger partial charge < -0.3 is 0 Å². The van der Waals surface area contributed by atoms with Crippen molar-refractivity contribution in [2.75, 3.05) is 13.2 Å². The first-order valence-electron chi connectivity index (χ1n) is 12.3. The molecule has 0 saturated carbocycles. The van der Waals surface area contributed by atoms with E-state index in [2.05, 4.69) is 81.4 Å². The molecule has 3 rings (SSSR count). The summed E-state index contributed by atoms with van der Waals surface area (Å²) >= 11 is 0.158. The van der Waals surface area contributed by atoms with E-state index in [4.69, 9.17) is 14.3 Å². The molecule has 192 valence electrons. The summed E-state index contributed by atoms with van der Waals surface area (Å²) in [6.45, 7) is 7.04. The molecular weight excluding hydrogens is 538 g/mol. The van der Waals surface area contributed by atoms with Gasteiger partial charge in [0.2, 0.25) is 0 Å². The Morgan fingerprint density at radius 1 is 0.917 bits per heavy atom. The van der Waals surface area contributed by atoms with Gasteiger partial charge in [0.25, 0.3) is 0 Å². The molecule has 3 aromatic rings. The number of benzene rings is 3. The molecule has 0 aliphatic heterocycles. The van der Waals surface area contributed by atoms with Crippen LogP contribution in [0, 0.1) is 5.82 Å². The number of hydrogen-bond donors (Lipinski definition) is 1. The first-order valence-corrected chi connectivity index (χ1v) is 16.2. The van der Waals surface area contributed by atoms with Crippen LogP contribution in [0.3, 0.4) is 0 Å². The van der Waals surface area contributed by atoms with Gasteiger partial charge in [0.15, 0.2) is 0 Å². The van der Waals surface area contributed by atoms with Gasteiger partial charge in [0.1, 0.15) is 0 Å². The third-order valence-electron chi connectivity index (χ3n) is 6.05. The zero-order valence-corrected chi connectivity index (χ0v) is 23.9. The van der Waals surface area contributed by atoms with Crippen molar-refractivity contribution in [3.8, 4) is 5.75 Å². The molecular formula is C29H35FO4SeSi. The quantitative estimate of drug-likeness (QED) is 0.236. The molecule has 0 aromatic heterocycles. The number of rotatable bonds is 13. The van der Waals surface area contributed by atoms with E-state index >= 15 is 0 Å². The van der Waals surface area contributed by atoms with Crippen LogP contribution < -0.4 is 19.6 Å². The van der Waals surface area contributed by atoms with Crippen molar-refractivity contribution in [2.24, 2.45) is 0 Å². The van der Waals surface area contributed by atoms with Crippen LogP contribution >= 0.6 is 0 Å². The van der Waals surface area contributed by atoms with E-state index in [0.29, 0.717) is 6.61 Å². The third-order valence-corrected chi connectivity index (χ3v) is 13.4. The third kappa shape index (κ3) is 7.29. The summed E-state index contributed by atoms with van der Waals surface area (Å²) < 4.78 is 27.0. The Hall–Kier alpha value is -2.44. The van der Waals surface area contributed by atoms with Crippen LogP contribution in [0.1, 0.15) is 40.0 Å². The zero-order chi connectivity index (χ0) is 26.0. The molecule has 0 saturated heterocycles. The van der Waals surface area contributed by atoms with Gasteiger partial charge in [-0.2, -0.15) is 0 Å². The van der Waals surface area contributed by atoms with Crippen LogP contribution in [0.15, 0.2) is 78.9 Å². The Morgan fingerprint density at radius 3 is 2.06 bits per heavy atom. The molecule has 7 heteroatoms. The van der Waals surface area contributed by atoms with Gasteiger partial charge in [-0.15, -0.1) is 0 Å². The van der Waals surface area contributed by atoms with Crippen molar-refractivity contribution in [1.29, 1.82) is 0 Å². The molecule has 36 heavy (non-hydrogen) atoms. The Balaban J connectivity index is 1.55. The fraction of sp³-hybridized carbons (Fsp3) is 0.345. The standard InChI is InChI=1S/C29H35FO4SeSi/c1-29(2,3)36(24-13-7-4-8-14-24,25-15-9-5-10-16-25)34-19-11-6-12-20-35-23-17-18-27(26(30)21-23)33-22-28(31)32/h4-5,7-10,13-18,21H,6,11-12,19-20,22H2,1-3H3,(H,31,32). The van der Waals surface area contributed by atoms with E-state index < -0.39 is 26.7 Å². The molecule has 0 aliphatic rings. The number of unbranched alkanes of at least 4 members (excludes halogenated alkanes) is 2. The maximum atomic E-state index is 14.1. The molecule has 0 amide bonds. The summed E-state index contributed by atoms with van der Waals surface area (Å²) in [4.78, 5) is 10.6. The monoisotopic (exact) mass is 574 g/mol. The van der Waals surface area contributed by atoms with Crippen molar-refractivity contribution < 1.29 is 23.5 Å². The van der Waals surface area contributed by atoms with Crippen molar-refractivity contribution in [2.45, 2.75) is 50.4 Å². The van der Waals surface area contributed by atoms with Crippen LogP contribution in [0.4, 0.5) is 4.39 Å². The first kappa shape index (κ1) is 28.1. The molecule has 4 nitrogen and oxygen atoms in total. The predicted molar refractivity (Wildman–Crippen MR) is 147 cm³/mol. The van der Waals surface area contributed by atoms with Crippen molar-refractivity contribution in [3.05, 3.63) is 84.7 Å². The van der Waals surface area contributed by atoms with Gasteiger partial charge in [-0.1, -0.05) is 0 Å². The molecule has 0 spiro atoms. The van der Waals surface area contributed by atoms with E-state index in [9.17, 15) is 9.18 Å². The summed E-state index contributed by atoms with van der Waals surface area (Å²) in [5.41, 5.74) is 0. The van der Waals surface area contributed by atoms with Crippen LogP contribution in [0.25, 0.3) is 0 Å². The summed E-state index contributed by atoms with van der Waals surface area (Å²) in [5, 5.41) is 12.3. The zero-order valence-electron chi connectivity index (χ0n) is 21.2. The first-order chi connectivity index (χ1) is 17.2. The number of ether oxygens (including phenoxy) is 1. The fourth-order valence-corrected chi connectivity index (χ4v) is 11.0. The van der Waals surface area contributed by atoms with Gasteiger partial charge in [0.05, 0.1) is 0 Å². The summed E-state index contributed by atoms with van der Waals surface area (Å²) in [6, 6.07) is 26.2. The van der Waals surface area contributed by atoms with E-state index in [1.165, 1.54) is 22.5 Å². The molecule has 1 N–H and O–H groups in total. The Kier molecular flexibility index (Phi) is 10.3. The topological polar surface area (TPSA) is 55.8 Å². The van der Waals surface area contributed by atoms with Crippen molar-refractivity contribution in [1.82, 2.24) is 0 Å². The number of hydrogen-bond acceptors (Lipinski definition) is 3. The number of aliphatic carboxylic acids is 1. The second kappa shape index (κ2) is 13.2. The molecule has 0 heterocycles. The summed E-state index contributed by atoms with van der Waals surface area (Å²) in [7, 11) is -2.48. The fourth-order valence-electron chi connectivity index (χ4n) is 4.39. The van der Waals surface area contributed by atoms with Gasteiger partial charge in [0, 0.05) is 0 Å². The predicted octanol–water partition coefficient (Wildman–Crippen LogP) is 4.78. The van der Waals surface area contributed by atoms with E-state index in [1.807, 2.05) is 6.07 Å². The second-order valence-corrected chi connectivity index (χ2v) is 16.5. The molecule has 0 radical (unpaired) electrons. The van der Waals surface area contributed by atoms with Gasteiger partial charge >= 0.3 is 222 Å². The van der Waals surface area contributed by atoms with Crippen molar-refractivity contribution >= 4 is 44.1 Å². The van der Waals surface area contributed by atoms with Gasteiger partial charge in [-0.3, -0.25) is 0 Å². The maximum absolute atomic E-state index is 14.1. The van der Waals surface area contributed by atoms with Gasteiger partial charge in [-0.05, 0) is 0 Å². The second-order valence-electron chi connectivity index (χ2n) is 9.70. The number of carbonyl (C=O) groups is 1. The van der Waals surface area contributed by atoms with Crippen molar-refractivity contribution in [3.63, 3.8) is 0 Å². The van der Waals surface area contributed by atoms with E-state index in [-0.39, 0.29) is 25.7 Å². The molecule has 3 aromatic carbocycles. The normalized spacial score (nSPS) is 11.9. The number of halogens is 1. The minimum absolute atomic E-state index is 0.0163. The Labute approximate surface area is 221 Å². The molecule has 0 fully saturated rings. The molecule has 0 unspecified atom stereocenters. The molecule has 0 bridgehead atoms.